The number of ketones is 1. The highest BCUT2D eigenvalue weighted by atomic mass is 35.5. The van der Waals surface area contributed by atoms with Gasteiger partial charge in [0.25, 0.3) is 10.0 Å². The molecule has 5 nitrogen and oxygen atoms in total. The lowest BCUT2D eigenvalue weighted by Gasteiger charge is -2.09. The Balaban J connectivity index is 1.83. The molecule has 0 amide bonds. The van der Waals surface area contributed by atoms with E-state index in [0.717, 1.165) is 17.8 Å². The Morgan fingerprint density at radius 2 is 2.08 bits per heavy atom. The number of carbonyl (C=O) groups excluding carboxylic acids is 1. The van der Waals surface area contributed by atoms with Crippen molar-refractivity contribution in [3.05, 3.63) is 46.0 Å². The van der Waals surface area contributed by atoms with Crippen LogP contribution in [0.2, 0.25) is 5.02 Å². The van der Waals surface area contributed by atoms with Crippen LogP contribution in [0, 0.1) is 0 Å². The number of hydrogen-bond donors (Lipinski definition) is 1. The minimum absolute atomic E-state index is 0.00401. The second-order valence-corrected chi connectivity index (χ2v) is 8.81. The average Bonchev–Trinajstić information content (AvgIpc) is 3.15. The Labute approximate surface area is 147 Å². The molecule has 1 aromatic carbocycles. The zero-order valence-corrected chi connectivity index (χ0v) is 14.7. The normalized spacial score (nSPS) is 14.8. The first-order valence-electron chi connectivity index (χ1n) is 7.30. The summed E-state index contributed by atoms with van der Waals surface area (Å²) in [6, 6.07) is 6.29. The van der Waals surface area contributed by atoms with Crippen LogP contribution in [-0.2, 0) is 16.4 Å². The van der Waals surface area contributed by atoms with Gasteiger partial charge in [0.15, 0.2) is 11.4 Å². The van der Waals surface area contributed by atoms with Crippen molar-refractivity contribution in [2.24, 2.45) is 0 Å². The van der Waals surface area contributed by atoms with E-state index in [9.17, 15) is 13.2 Å². The molecule has 0 spiro atoms. The van der Waals surface area contributed by atoms with Crippen molar-refractivity contribution in [2.45, 2.75) is 23.5 Å². The fraction of sp³-hybridized carbons (Fsp3) is 0.188. The summed E-state index contributed by atoms with van der Waals surface area (Å²) in [5.74, 6) is 0.630. The number of rotatable bonds is 3. The van der Waals surface area contributed by atoms with Gasteiger partial charge in [-0.25, -0.2) is 8.42 Å². The van der Waals surface area contributed by atoms with Crippen molar-refractivity contribution in [1.82, 2.24) is 0 Å². The SMILES string of the molecule is O=C1CCCc2oc3c(Cl)cc(NS(=O)(=O)c4cccs4)cc3c21. The zero-order chi connectivity index (χ0) is 16.9. The van der Waals surface area contributed by atoms with Gasteiger partial charge in [0.05, 0.1) is 16.3 Å². The fourth-order valence-corrected chi connectivity index (χ4v) is 5.20. The standard InChI is InChI=1S/C16H12ClNO4S2/c17-11-8-9(18-24(20,21)14-5-2-6-23-14)7-10-15-12(19)3-1-4-13(15)22-16(10)11/h2,5-8,18H,1,3-4H2. The Morgan fingerprint density at radius 1 is 1.25 bits per heavy atom. The van der Waals surface area contributed by atoms with Crippen LogP contribution in [0.4, 0.5) is 5.69 Å². The van der Waals surface area contributed by atoms with Crippen molar-refractivity contribution in [3.8, 4) is 0 Å². The van der Waals surface area contributed by atoms with E-state index in [0.29, 0.717) is 40.8 Å². The van der Waals surface area contributed by atoms with Crippen molar-refractivity contribution in [1.29, 1.82) is 0 Å². The van der Waals surface area contributed by atoms with Crippen LogP contribution in [0.1, 0.15) is 29.0 Å². The molecule has 4 rings (SSSR count). The van der Waals surface area contributed by atoms with Gasteiger partial charge in [0.2, 0.25) is 0 Å². The number of furan rings is 1. The molecule has 1 aliphatic carbocycles. The number of Topliss-reactive ketones (excluding diaryl/α,β-unsaturated/α-hetero) is 1. The second-order valence-electron chi connectivity index (χ2n) is 5.55. The van der Waals surface area contributed by atoms with Gasteiger partial charge in [-0.05, 0) is 30.0 Å². The summed E-state index contributed by atoms with van der Waals surface area (Å²) in [5.41, 5.74) is 1.26. The number of halogens is 1. The minimum Gasteiger partial charge on any atom is -0.459 e. The van der Waals surface area contributed by atoms with Gasteiger partial charge >= 0.3 is 0 Å². The predicted octanol–water partition coefficient (Wildman–Crippen LogP) is 4.47. The molecule has 0 saturated carbocycles. The largest absolute Gasteiger partial charge is 0.459 e. The van der Waals surface area contributed by atoms with E-state index >= 15 is 0 Å². The highest BCUT2D eigenvalue weighted by molar-refractivity contribution is 7.94. The maximum absolute atomic E-state index is 12.4. The topological polar surface area (TPSA) is 76.4 Å². The molecule has 124 valence electrons. The number of carbonyl (C=O) groups is 1. The number of anilines is 1. The number of sulfonamides is 1. The number of fused-ring (bicyclic) bond motifs is 3. The molecule has 1 N–H and O–H groups in total. The van der Waals surface area contributed by atoms with Gasteiger partial charge in [0.1, 0.15) is 9.97 Å². The molecular formula is C16H12ClNO4S2. The lowest BCUT2D eigenvalue weighted by atomic mass is 9.94. The quantitative estimate of drug-likeness (QED) is 0.726. The number of hydrogen-bond acceptors (Lipinski definition) is 5. The summed E-state index contributed by atoms with van der Waals surface area (Å²) >= 11 is 7.37. The molecular weight excluding hydrogens is 370 g/mol. The number of benzene rings is 1. The summed E-state index contributed by atoms with van der Waals surface area (Å²) in [4.78, 5) is 12.2. The van der Waals surface area contributed by atoms with Gasteiger partial charge in [-0.3, -0.25) is 9.52 Å². The molecule has 1 aliphatic rings. The van der Waals surface area contributed by atoms with Crippen LogP contribution >= 0.6 is 22.9 Å². The van der Waals surface area contributed by atoms with Crippen LogP contribution < -0.4 is 4.72 Å². The van der Waals surface area contributed by atoms with E-state index in [-0.39, 0.29) is 15.0 Å². The molecule has 24 heavy (non-hydrogen) atoms. The van der Waals surface area contributed by atoms with Gasteiger partial charge in [-0.1, -0.05) is 17.7 Å². The summed E-state index contributed by atoms with van der Waals surface area (Å²) in [7, 11) is -3.68. The number of aryl methyl sites for hydroxylation is 1. The molecule has 0 unspecified atom stereocenters. The lowest BCUT2D eigenvalue weighted by Crippen LogP contribution is -2.11. The molecule has 2 heterocycles. The Bertz CT molecular complexity index is 1050. The second kappa shape index (κ2) is 5.61. The first kappa shape index (κ1) is 15.7. The van der Waals surface area contributed by atoms with E-state index in [1.165, 1.54) is 12.1 Å². The average molecular weight is 382 g/mol. The Hall–Kier alpha value is -1.83. The fourth-order valence-electron chi connectivity index (χ4n) is 2.90. The first-order valence-corrected chi connectivity index (χ1v) is 10.0. The highest BCUT2D eigenvalue weighted by Crippen LogP contribution is 2.38. The Kier molecular flexibility index (Phi) is 3.67. The van der Waals surface area contributed by atoms with Crippen LogP contribution in [0.25, 0.3) is 11.0 Å². The summed E-state index contributed by atoms with van der Waals surface area (Å²) < 4.78 is 33.2. The minimum atomic E-state index is -3.68. The zero-order valence-electron chi connectivity index (χ0n) is 12.3. The third-order valence-electron chi connectivity index (χ3n) is 3.92. The van der Waals surface area contributed by atoms with E-state index in [1.807, 2.05) is 0 Å². The summed E-state index contributed by atoms with van der Waals surface area (Å²) in [6.45, 7) is 0. The maximum Gasteiger partial charge on any atom is 0.271 e. The molecule has 3 aromatic rings. The monoisotopic (exact) mass is 381 g/mol. The van der Waals surface area contributed by atoms with Crippen molar-refractivity contribution >= 4 is 55.4 Å². The van der Waals surface area contributed by atoms with E-state index in [2.05, 4.69) is 4.72 Å². The Morgan fingerprint density at radius 3 is 2.83 bits per heavy atom. The van der Waals surface area contributed by atoms with E-state index < -0.39 is 10.0 Å². The van der Waals surface area contributed by atoms with Gasteiger partial charge in [-0.15, -0.1) is 11.3 Å². The summed E-state index contributed by atoms with van der Waals surface area (Å²) in [6.07, 6.45) is 1.90. The molecule has 8 heteroatoms. The van der Waals surface area contributed by atoms with Gasteiger partial charge < -0.3 is 4.42 Å². The smallest absolute Gasteiger partial charge is 0.271 e. The van der Waals surface area contributed by atoms with Gasteiger partial charge in [0, 0.05) is 18.2 Å². The number of thiophene rings is 1. The van der Waals surface area contributed by atoms with Crippen LogP contribution in [0.3, 0.4) is 0 Å². The molecule has 0 aliphatic heterocycles. The van der Waals surface area contributed by atoms with Gasteiger partial charge in [-0.2, -0.15) is 0 Å². The van der Waals surface area contributed by atoms with Crippen molar-refractivity contribution < 1.29 is 17.6 Å². The molecule has 0 bridgehead atoms. The molecule has 0 fully saturated rings. The molecule has 2 aromatic heterocycles. The number of nitrogens with one attached hydrogen (secondary N) is 1. The molecule has 0 radical (unpaired) electrons. The third kappa shape index (κ3) is 2.53. The van der Waals surface area contributed by atoms with E-state index in [1.54, 1.807) is 17.5 Å². The van der Waals surface area contributed by atoms with Crippen LogP contribution in [-0.4, -0.2) is 14.2 Å². The van der Waals surface area contributed by atoms with Crippen LogP contribution in [0.5, 0.6) is 0 Å². The predicted molar refractivity (Wildman–Crippen MR) is 93.6 cm³/mol. The van der Waals surface area contributed by atoms with Crippen LogP contribution in [0.15, 0.2) is 38.3 Å². The van der Waals surface area contributed by atoms with E-state index in [4.69, 9.17) is 16.0 Å². The summed E-state index contributed by atoms with van der Waals surface area (Å²) in [5, 5.41) is 2.53. The lowest BCUT2D eigenvalue weighted by molar-refractivity contribution is 0.0971. The molecule has 0 saturated heterocycles. The first-order chi connectivity index (χ1) is 11.5. The maximum atomic E-state index is 12.4. The van der Waals surface area contributed by atoms with Crippen molar-refractivity contribution in [2.75, 3.05) is 4.72 Å². The molecule has 0 atom stereocenters. The van der Waals surface area contributed by atoms with Crippen molar-refractivity contribution in [3.63, 3.8) is 0 Å². The highest BCUT2D eigenvalue weighted by Gasteiger charge is 2.26. The third-order valence-corrected chi connectivity index (χ3v) is 6.98.